The summed E-state index contributed by atoms with van der Waals surface area (Å²) in [5.74, 6) is -0.259. The van der Waals surface area contributed by atoms with Crippen LogP contribution >= 0.6 is 11.6 Å². The molecule has 2 heterocycles. The Morgan fingerprint density at radius 2 is 1.83 bits per heavy atom. The maximum atomic E-state index is 13.5. The second-order valence-corrected chi connectivity index (χ2v) is 5.94. The molecular formula is C14H18ClFN2. The van der Waals surface area contributed by atoms with Crippen molar-refractivity contribution in [1.82, 2.24) is 0 Å². The third-order valence-corrected chi connectivity index (χ3v) is 4.37. The standard InChI is InChI=1S/C14H18ClFN2/c15-9-4-10(16)6-14(5-9)18-12-2-1-3-13(18)8-11(17)7-12/h4-6,11-13H,1-3,7-8,17H2. The normalized spacial score (nSPS) is 31.5. The zero-order chi connectivity index (χ0) is 12.7. The van der Waals surface area contributed by atoms with Crippen molar-refractivity contribution in [3.05, 3.63) is 29.0 Å². The second-order valence-electron chi connectivity index (χ2n) is 5.50. The fourth-order valence-electron chi connectivity index (χ4n) is 3.53. The molecule has 3 rings (SSSR count). The van der Waals surface area contributed by atoms with Gasteiger partial charge in [0.05, 0.1) is 0 Å². The molecule has 0 aromatic heterocycles. The lowest BCUT2D eigenvalue weighted by molar-refractivity contribution is 0.271. The van der Waals surface area contributed by atoms with Crippen LogP contribution in [0.15, 0.2) is 18.2 Å². The molecule has 2 aliphatic rings. The molecule has 2 bridgehead atoms. The van der Waals surface area contributed by atoms with Crippen molar-refractivity contribution in [2.24, 2.45) is 5.73 Å². The van der Waals surface area contributed by atoms with E-state index in [-0.39, 0.29) is 5.82 Å². The molecule has 2 fully saturated rings. The Kier molecular flexibility index (Phi) is 3.20. The Labute approximate surface area is 112 Å². The molecule has 2 atom stereocenters. The lowest BCUT2D eigenvalue weighted by Crippen LogP contribution is -2.55. The minimum atomic E-state index is -0.259. The number of hydrogen-bond acceptors (Lipinski definition) is 2. The fourth-order valence-corrected chi connectivity index (χ4v) is 3.75. The van der Waals surface area contributed by atoms with E-state index in [0.717, 1.165) is 31.4 Å². The highest BCUT2D eigenvalue weighted by atomic mass is 35.5. The summed E-state index contributed by atoms with van der Waals surface area (Å²) in [5.41, 5.74) is 7.02. The van der Waals surface area contributed by atoms with Crippen molar-refractivity contribution in [3.8, 4) is 0 Å². The molecule has 1 aromatic carbocycles. The zero-order valence-electron chi connectivity index (χ0n) is 10.3. The molecule has 2 N–H and O–H groups in total. The predicted octanol–water partition coefficient (Wildman–Crippen LogP) is 3.33. The minimum absolute atomic E-state index is 0.259. The summed E-state index contributed by atoms with van der Waals surface area (Å²) < 4.78 is 13.5. The summed E-state index contributed by atoms with van der Waals surface area (Å²) in [6.07, 6.45) is 5.56. The van der Waals surface area contributed by atoms with Gasteiger partial charge in [-0.15, -0.1) is 0 Å². The van der Waals surface area contributed by atoms with E-state index in [0.29, 0.717) is 23.1 Å². The van der Waals surface area contributed by atoms with E-state index < -0.39 is 0 Å². The minimum Gasteiger partial charge on any atom is -0.365 e. The van der Waals surface area contributed by atoms with Crippen molar-refractivity contribution in [2.75, 3.05) is 4.90 Å². The molecule has 2 saturated heterocycles. The number of anilines is 1. The van der Waals surface area contributed by atoms with Crippen molar-refractivity contribution in [1.29, 1.82) is 0 Å². The summed E-state index contributed by atoms with van der Waals surface area (Å²) in [4.78, 5) is 2.35. The van der Waals surface area contributed by atoms with Gasteiger partial charge >= 0.3 is 0 Å². The number of benzene rings is 1. The van der Waals surface area contributed by atoms with Crippen LogP contribution in [0.1, 0.15) is 32.1 Å². The van der Waals surface area contributed by atoms with Crippen molar-refractivity contribution in [3.63, 3.8) is 0 Å². The van der Waals surface area contributed by atoms with E-state index in [1.165, 1.54) is 12.5 Å². The predicted molar refractivity (Wildman–Crippen MR) is 72.5 cm³/mol. The molecule has 0 amide bonds. The van der Waals surface area contributed by atoms with Crippen LogP contribution in [0.2, 0.25) is 5.02 Å². The molecular weight excluding hydrogens is 251 g/mol. The van der Waals surface area contributed by atoms with Crippen molar-refractivity contribution < 1.29 is 4.39 Å². The van der Waals surface area contributed by atoms with Gasteiger partial charge in [-0.1, -0.05) is 11.6 Å². The molecule has 98 valence electrons. The third kappa shape index (κ3) is 2.21. The van der Waals surface area contributed by atoms with Crippen LogP contribution in [-0.2, 0) is 0 Å². The maximum absolute atomic E-state index is 13.5. The highest BCUT2D eigenvalue weighted by molar-refractivity contribution is 6.30. The van der Waals surface area contributed by atoms with E-state index in [1.54, 1.807) is 6.07 Å². The second kappa shape index (κ2) is 4.71. The van der Waals surface area contributed by atoms with E-state index >= 15 is 0 Å². The number of nitrogens with zero attached hydrogens (tertiary/aromatic N) is 1. The summed E-state index contributed by atoms with van der Waals surface area (Å²) in [5, 5.41) is 0.470. The molecule has 1 aromatic rings. The monoisotopic (exact) mass is 268 g/mol. The average Bonchev–Trinajstić information content (AvgIpc) is 2.26. The van der Waals surface area contributed by atoms with Gasteiger partial charge in [-0.3, -0.25) is 0 Å². The van der Waals surface area contributed by atoms with Crippen LogP contribution in [0, 0.1) is 5.82 Å². The van der Waals surface area contributed by atoms with Gasteiger partial charge in [0.25, 0.3) is 0 Å². The Hall–Kier alpha value is -0.800. The van der Waals surface area contributed by atoms with Crippen molar-refractivity contribution in [2.45, 2.75) is 50.2 Å². The van der Waals surface area contributed by atoms with Crippen LogP contribution in [0.25, 0.3) is 0 Å². The molecule has 0 saturated carbocycles. The highest BCUT2D eigenvalue weighted by Gasteiger charge is 2.37. The van der Waals surface area contributed by atoms with Crippen LogP contribution in [-0.4, -0.2) is 18.1 Å². The van der Waals surface area contributed by atoms with Gasteiger partial charge < -0.3 is 10.6 Å². The Balaban J connectivity index is 1.95. The number of nitrogens with two attached hydrogens (primary N) is 1. The van der Waals surface area contributed by atoms with Crippen LogP contribution in [0.4, 0.5) is 10.1 Å². The van der Waals surface area contributed by atoms with Gasteiger partial charge in [0.15, 0.2) is 0 Å². The molecule has 0 aliphatic carbocycles. The number of fused-ring (bicyclic) bond motifs is 2. The third-order valence-electron chi connectivity index (χ3n) is 4.16. The van der Waals surface area contributed by atoms with Crippen LogP contribution in [0.5, 0.6) is 0 Å². The first-order valence-corrected chi connectivity index (χ1v) is 7.01. The first kappa shape index (κ1) is 12.2. The van der Waals surface area contributed by atoms with E-state index in [1.807, 2.05) is 6.07 Å². The fraction of sp³-hybridized carbons (Fsp3) is 0.571. The Bertz CT molecular complexity index is 417. The lowest BCUT2D eigenvalue weighted by atomic mass is 9.81. The first-order chi connectivity index (χ1) is 8.63. The summed E-state index contributed by atoms with van der Waals surface area (Å²) >= 11 is 5.96. The van der Waals surface area contributed by atoms with Crippen molar-refractivity contribution >= 4 is 17.3 Å². The van der Waals surface area contributed by atoms with E-state index in [9.17, 15) is 4.39 Å². The summed E-state index contributed by atoms with van der Waals surface area (Å²) in [6, 6.07) is 6.01. The SMILES string of the molecule is NC1CC2CCCC(C1)N2c1cc(F)cc(Cl)c1. The maximum Gasteiger partial charge on any atom is 0.126 e. The van der Waals surface area contributed by atoms with Gasteiger partial charge in [0.1, 0.15) is 5.82 Å². The van der Waals surface area contributed by atoms with Gasteiger partial charge in [-0.05, 0) is 50.3 Å². The number of halogens is 2. The molecule has 2 aliphatic heterocycles. The molecule has 4 heteroatoms. The van der Waals surface area contributed by atoms with E-state index in [4.69, 9.17) is 17.3 Å². The Morgan fingerprint density at radius 1 is 1.17 bits per heavy atom. The lowest BCUT2D eigenvalue weighted by Gasteiger charge is -2.49. The summed E-state index contributed by atoms with van der Waals surface area (Å²) in [6.45, 7) is 0. The van der Waals surface area contributed by atoms with Gasteiger partial charge in [-0.25, -0.2) is 4.39 Å². The largest absolute Gasteiger partial charge is 0.365 e. The zero-order valence-corrected chi connectivity index (χ0v) is 11.0. The Morgan fingerprint density at radius 3 is 2.44 bits per heavy atom. The molecule has 0 radical (unpaired) electrons. The average molecular weight is 269 g/mol. The number of hydrogen-bond donors (Lipinski definition) is 1. The molecule has 18 heavy (non-hydrogen) atoms. The quantitative estimate of drug-likeness (QED) is 0.847. The summed E-state index contributed by atoms with van der Waals surface area (Å²) in [7, 11) is 0. The van der Waals surface area contributed by atoms with Gasteiger partial charge in [0.2, 0.25) is 0 Å². The molecule has 2 nitrogen and oxygen atoms in total. The van der Waals surface area contributed by atoms with Gasteiger partial charge in [0, 0.05) is 28.8 Å². The smallest absolute Gasteiger partial charge is 0.126 e. The van der Waals surface area contributed by atoms with Crippen LogP contribution < -0.4 is 10.6 Å². The highest BCUT2D eigenvalue weighted by Crippen LogP contribution is 2.38. The van der Waals surface area contributed by atoms with Crippen LogP contribution in [0.3, 0.4) is 0 Å². The molecule has 0 spiro atoms. The topological polar surface area (TPSA) is 29.3 Å². The molecule has 2 unspecified atom stereocenters. The van der Waals surface area contributed by atoms with E-state index in [2.05, 4.69) is 4.90 Å². The first-order valence-electron chi connectivity index (χ1n) is 6.63. The van der Waals surface area contributed by atoms with Gasteiger partial charge in [-0.2, -0.15) is 0 Å². The number of piperidine rings is 2. The number of rotatable bonds is 1.